The smallest absolute Gasteiger partial charge is 0.261 e. The molecular formula is C16H20N4O3S. The number of nitrogens with one attached hydrogen (secondary N) is 2. The van der Waals surface area contributed by atoms with Crippen molar-refractivity contribution in [1.29, 1.82) is 0 Å². The van der Waals surface area contributed by atoms with Crippen molar-refractivity contribution in [2.24, 2.45) is 0 Å². The molecule has 0 atom stereocenters. The zero-order valence-electron chi connectivity index (χ0n) is 13.2. The largest absolute Gasteiger partial charge is 0.352 e. The predicted molar refractivity (Wildman–Crippen MR) is 89.9 cm³/mol. The zero-order chi connectivity index (χ0) is 17.0. The number of aromatic nitrogens is 2. The standard InChI is InChI=1S/C16H20N4O3S/c21-16(18-13-6-4-5-7-13)12-20-11-14(10-17-20)19-24(22,23)15-8-2-1-3-9-15/h1-3,8-11,13,19H,4-7,12H2,(H,18,21). The molecule has 0 unspecified atom stereocenters. The van der Waals surface area contributed by atoms with Gasteiger partial charge in [0.05, 0.1) is 16.8 Å². The normalized spacial score (nSPS) is 15.3. The van der Waals surface area contributed by atoms with Crippen LogP contribution in [0.4, 0.5) is 5.69 Å². The summed E-state index contributed by atoms with van der Waals surface area (Å²) in [5.74, 6) is -0.109. The maximum atomic E-state index is 12.2. The number of rotatable bonds is 6. The minimum Gasteiger partial charge on any atom is -0.352 e. The van der Waals surface area contributed by atoms with Gasteiger partial charge in [0.1, 0.15) is 6.54 Å². The van der Waals surface area contributed by atoms with E-state index in [0.717, 1.165) is 25.7 Å². The van der Waals surface area contributed by atoms with Crippen LogP contribution in [0.15, 0.2) is 47.6 Å². The van der Waals surface area contributed by atoms with E-state index in [4.69, 9.17) is 0 Å². The van der Waals surface area contributed by atoms with E-state index < -0.39 is 10.0 Å². The van der Waals surface area contributed by atoms with Crippen LogP contribution in [0.2, 0.25) is 0 Å². The van der Waals surface area contributed by atoms with Crippen LogP contribution in [0.25, 0.3) is 0 Å². The zero-order valence-corrected chi connectivity index (χ0v) is 14.0. The average Bonchev–Trinajstić information content (AvgIpc) is 3.20. The van der Waals surface area contributed by atoms with Gasteiger partial charge in [-0.25, -0.2) is 8.42 Å². The number of carbonyl (C=O) groups excluding carboxylic acids is 1. The molecule has 1 aliphatic rings. The molecule has 1 aliphatic carbocycles. The minimum atomic E-state index is -3.65. The van der Waals surface area contributed by atoms with Gasteiger partial charge in [-0.05, 0) is 25.0 Å². The summed E-state index contributed by atoms with van der Waals surface area (Å²) in [6, 6.07) is 8.35. The second kappa shape index (κ2) is 7.04. The van der Waals surface area contributed by atoms with Crippen molar-refractivity contribution in [2.75, 3.05) is 4.72 Å². The summed E-state index contributed by atoms with van der Waals surface area (Å²) in [5, 5.41) is 7.01. The summed E-state index contributed by atoms with van der Waals surface area (Å²) in [6.07, 6.45) is 7.24. The van der Waals surface area contributed by atoms with Crippen molar-refractivity contribution in [3.05, 3.63) is 42.7 Å². The first kappa shape index (κ1) is 16.5. The number of anilines is 1. The number of benzene rings is 1. The lowest BCUT2D eigenvalue weighted by Gasteiger charge is -2.11. The Morgan fingerprint density at radius 2 is 1.92 bits per heavy atom. The van der Waals surface area contributed by atoms with E-state index >= 15 is 0 Å². The van der Waals surface area contributed by atoms with Crippen LogP contribution < -0.4 is 10.0 Å². The third-order valence-electron chi connectivity index (χ3n) is 3.96. The molecule has 1 aromatic heterocycles. The Balaban J connectivity index is 1.60. The number of amides is 1. The van der Waals surface area contributed by atoms with E-state index in [9.17, 15) is 13.2 Å². The predicted octanol–water partition coefficient (Wildman–Crippen LogP) is 1.74. The fourth-order valence-electron chi connectivity index (χ4n) is 2.81. The Hall–Kier alpha value is -2.35. The van der Waals surface area contributed by atoms with E-state index in [1.807, 2.05) is 0 Å². The molecule has 0 spiro atoms. The molecule has 8 heteroatoms. The van der Waals surface area contributed by atoms with Crippen LogP contribution in [0, 0.1) is 0 Å². The molecule has 2 aromatic rings. The van der Waals surface area contributed by atoms with Gasteiger partial charge in [-0.1, -0.05) is 31.0 Å². The van der Waals surface area contributed by atoms with E-state index in [0.29, 0.717) is 5.69 Å². The van der Waals surface area contributed by atoms with Gasteiger partial charge >= 0.3 is 0 Å². The molecule has 3 rings (SSSR count). The molecule has 0 aliphatic heterocycles. The second-order valence-corrected chi connectivity index (χ2v) is 7.58. The van der Waals surface area contributed by atoms with Gasteiger partial charge in [-0.15, -0.1) is 0 Å². The number of sulfonamides is 1. The van der Waals surface area contributed by atoms with Crippen LogP contribution >= 0.6 is 0 Å². The van der Waals surface area contributed by atoms with Crippen LogP contribution in [0.3, 0.4) is 0 Å². The van der Waals surface area contributed by atoms with Crippen molar-refractivity contribution < 1.29 is 13.2 Å². The molecule has 0 radical (unpaired) electrons. The average molecular weight is 348 g/mol. The van der Waals surface area contributed by atoms with Gasteiger partial charge in [0.15, 0.2) is 0 Å². The molecule has 128 valence electrons. The third kappa shape index (κ3) is 4.14. The van der Waals surface area contributed by atoms with Gasteiger partial charge in [0, 0.05) is 12.2 Å². The quantitative estimate of drug-likeness (QED) is 0.831. The van der Waals surface area contributed by atoms with E-state index in [2.05, 4.69) is 15.1 Å². The van der Waals surface area contributed by atoms with E-state index in [1.165, 1.54) is 29.2 Å². The summed E-state index contributed by atoms with van der Waals surface area (Å²) >= 11 is 0. The highest BCUT2D eigenvalue weighted by Gasteiger charge is 2.18. The summed E-state index contributed by atoms with van der Waals surface area (Å²) in [6.45, 7) is 0.0730. The molecule has 0 saturated heterocycles. The first-order valence-electron chi connectivity index (χ1n) is 7.93. The monoisotopic (exact) mass is 348 g/mol. The lowest BCUT2D eigenvalue weighted by molar-refractivity contribution is -0.122. The Morgan fingerprint density at radius 1 is 1.21 bits per heavy atom. The molecular weight excluding hydrogens is 328 g/mol. The first-order chi connectivity index (χ1) is 11.5. The molecule has 7 nitrogen and oxygen atoms in total. The van der Waals surface area contributed by atoms with Crippen molar-refractivity contribution in [1.82, 2.24) is 15.1 Å². The highest BCUT2D eigenvalue weighted by Crippen LogP contribution is 2.18. The maximum Gasteiger partial charge on any atom is 0.261 e. The molecule has 2 N–H and O–H groups in total. The topological polar surface area (TPSA) is 93.1 Å². The third-order valence-corrected chi connectivity index (χ3v) is 5.36. The SMILES string of the molecule is O=C(Cn1cc(NS(=O)(=O)c2ccccc2)cn1)NC1CCCC1. The number of carbonyl (C=O) groups is 1. The first-order valence-corrected chi connectivity index (χ1v) is 9.41. The van der Waals surface area contributed by atoms with Crippen molar-refractivity contribution in [3.63, 3.8) is 0 Å². The molecule has 1 saturated carbocycles. The number of nitrogens with zero attached hydrogens (tertiary/aromatic N) is 2. The lowest BCUT2D eigenvalue weighted by Crippen LogP contribution is -2.35. The molecule has 1 fully saturated rings. The molecule has 1 amide bonds. The molecule has 24 heavy (non-hydrogen) atoms. The van der Waals surface area contributed by atoms with Crippen molar-refractivity contribution in [3.8, 4) is 0 Å². The summed E-state index contributed by atoms with van der Waals surface area (Å²) in [4.78, 5) is 12.2. The van der Waals surface area contributed by atoms with Crippen molar-refractivity contribution >= 4 is 21.6 Å². The van der Waals surface area contributed by atoms with Gasteiger partial charge in [-0.2, -0.15) is 5.10 Å². The van der Waals surface area contributed by atoms with Crippen LogP contribution in [0.5, 0.6) is 0 Å². The highest BCUT2D eigenvalue weighted by molar-refractivity contribution is 7.92. The minimum absolute atomic E-state index is 0.0730. The Kier molecular flexibility index (Phi) is 4.84. The van der Waals surface area contributed by atoms with Gasteiger partial charge in [0.2, 0.25) is 5.91 Å². The molecule has 1 aromatic carbocycles. The van der Waals surface area contributed by atoms with Crippen LogP contribution in [-0.2, 0) is 21.4 Å². The fraction of sp³-hybridized carbons (Fsp3) is 0.375. The Morgan fingerprint density at radius 3 is 2.62 bits per heavy atom. The summed E-state index contributed by atoms with van der Waals surface area (Å²) in [7, 11) is -3.65. The van der Waals surface area contributed by atoms with Crippen molar-refractivity contribution in [2.45, 2.75) is 43.2 Å². The summed E-state index contributed by atoms with van der Waals surface area (Å²) in [5.41, 5.74) is 0.326. The molecule has 0 bridgehead atoms. The van der Waals surface area contributed by atoms with E-state index in [-0.39, 0.29) is 23.4 Å². The highest BCUT2D eigenvalue weighted by atomic mass is 32.2. The maximum absolute atomic E-state index is 12.2. The summed E-state index contributed by atoms with van der Waals surface area (Å²) < 4.78 is 28.4. The number of hydrogen-bond acceptors (Lipinski definition) is 4. The Bertz CT molecular complexity index is 796. The van der Waals surface area contributed by atoms with E-state index in [1.54, 1.807) is 18.2 Å². The second-order valence-electron chi connectivity index (χ2n) is 5.89. The number of hydrogen-bond donors (Lipinski definition) is 2. The van der Waals surface area contributed by atoms with Crippen LogP contribution in [0.1, 0.15) is 25.7 Å². The van der Waals surface area contributed by atoms with Gasteiger partial charge < -0.3 is 5.32 Å². The molecule has 1 heterocycles. The van der Waals surface area contributed by atoms with Crippen LogP contribution in [-0.4, -0.2) is 30.1 Å². The fourth-order valence-corrected chi connectivity index (χ4v) is 3.86. The van der Waals surface area contributed by atoms with Gasteiger partial charge in [0.25, 0.3) is 10.0 Å². The Labute approximate surface area is 141 Å². The van der Waals surface area contributed by atoms with Gasteiger partial charge in [-0.3, -0.25) is 14.2 Å². The lowest BCUT2D eigenvalue weighted by atomic mass is 10.2.